The largest absolute Gasteiger partial charge is 0.325 e. The third-order valence-electron chi connectivity index (χ3n) is 4.64. The van der Waals surface area contributed by atoms with Crippen molar-refractivity contribution < 1.29 is 14.4 Å². The highest BCUT2D eigenvalue weighted by atomic mass is 79.9. The van der Waals surface area contributed by atoms with Crippen LogP contribution in [0.3, 0.4) is 0 Å². The van der Waals surface area contributed by atoms with Crippen molar-refractivity contribution in [3.63, 3.8) is 0 Å². The standard InChI is InChI=1S/C22H18BrN5O3/c1-12-9-13(2)25-22(24-12)27-16-6-4-15(5-7-16)26-19(29)11-28-20(30)17-8-3-14(23)10-18(17)21(28)31/h3-10H,11H2,1-2H3,(H,26,29)(H,24,25,27). The number of hydrogen-bond acceptors (Lipinski definition) is 6. The van der Waals surface area contributed by atoms with E-state index in [1.807, 2.05) is 19.9 Å². The van der Waals surface area contributed by atoms with Crippen LogP contribution in [0.15, 0.2) is 53.0 Å². The van der Waals surface area contributed by atoms with E-state index in [0.717, 1.165) is 22.0 Å². The van der Waals surface area contributed by atoms with Crippen LogP contribution < -0.4 is 10.6 Å². The second-order valence-electron chi connectivity index (χ2n) is 7.11. The molecule has 0 fully saturated rings. The van der Waals surface area contributed by atoms with Gasteiger partial charge in [0.05, 0.1) is 11.1 Å². The molecular formula is C22H18BrN5O3. The van der Waals surface area contributed by atoms with E-state index in [2.05, 4.69) is 36.5 Å². The van der Waals surface area contributed by atoms with E-state index in [0.29, 0.717) is 21.7 Å². The predicted molar refractivity (Wildman–Crippen MR) is 119 cm³/mol. The van der Waals surface area contributed by atoms with E-state index in [4.69, 9.17) is 0 Å². The number of carbonyl (C=O) groups excluding carboxylic acids is 3. The molecule has 2 heterocycles. The highest BCUT2D eigenvalue weighted by Gasteiger charge is 2.36. The van der Waals surface area contributed by atoms with Crippen LogP contribution in [0.25, 0.3) is 0 Å². The van der Waals surface area contributed by atoms with Crippen LogP contribution >= 0.6 is 15.9 Å². The Bertz CT molecular complexity index is 1190. The average molecular weight is 480 g/mol. The molecule has 3 amide bonds. The number of rotatable bonds is 5. The molecule has 0 aliphatic carbocycles. The molecule has 2 aromatic carbocycles. The SMILES string of the molecule is Cc1cc(C)nc(Nc2ccc(NC(=O)CN3C(=O)c4ccc(Br)cc4C3=O)cc2)n1. The number of carbonyl (C=O) groups is 3. The first kappa shape index (κ1) is 20.7. The van der Waals surface area contributed by atoms with E-state index < -0.39 is 17.7 Å². The first-order valence-electron chi connectivity index (χ1n) is 9.45. The van der Waals surface area contributed by atoms with Gasteiger partial charge in [0.1, 0.15) is 6.54 Å². The number of imide groups is 1. The normalized spacial score (nSPS) is 12.7. The summed E-state index contributed by atoms with van der Waals surface area (Å²) in [5.41, 5.74) is 3.60. The fraction of sp³-hybridized carbons (Fsp3) is 0.136. The summed E-state index contributed by atoms with van der Waals surface area (Å²) in [6.07, 6.45) is 0. The number of hydrogen-bond donors (Lipinski definition) is 2. The summed E-state index contributed by atoms with van der Waals surface area (Å²) in [4.78, 5) is 47.0. The molecule has 3 aromatic rings. The smallest absolute Gasteiger partial charge is 0.262 e. The number of benzene rings is 2. The van der Waals surface area contributed by atoms with Gasteiger partial charge in [-0.15, -0.1) is 0 Å². The van der Waals surface area contributed by atoms with Gasteiger partial charge < -0.3 is 10.6 Å². The van der Waals surface area contributed by atoms with Gasteiger partial charge in [-0.3, -0.25) is 19.3 Å². The minimum absolute atomic E-state index is 0.288. The summed E-state index contributed by atoms with van der Waals surface area (Å²) in [5.74, 6) is -0.932. The van der Waals surface area contributed by atoms with E-state index in [9.17, 15) is 14.4 Å². The van der Waals surface area contributed by atoms with E-state index in [1.54, 1.807) is 42.5 Å². The van der Waals surface area contributed by atoms with Crippen molar-refractivity contribution in [1.82, 2.24) is 14.9 Å². The lowest BCUT2D eigenvalue weighted by atomic mass is 10.1. The van der Waals surface area contributed by atoms with Crippen LogP contribution in [0.4, 0.5) is 17.3 Å². The molecule has 0 saturated heterocycles. The molecule has 2 N–H and O–H groups in total. The number of aryl methyl sites for hydroxylation is 2. The molecule has 1 aliphatic rings. The van der Waals surface area contributed by atoms with E-state index in [-0.39, 0.29) is 12.1 Å². The summed E-state index contributed by atoms with van der Waals surface area (Å²) < 4.78 is 0.693. The lowest BCUT2D eigenvalue weighted by molar-refractivity contribution is -0.116. The molecule has 8 nitrogen and oxygen atoms in total. The van der Waals surface area contributed by atoms with E-state index >= 15 is 0 Å². The quantitative estimate of drug-likeness (QED) is 0.538. The lowest BCUT2D eigenvalue weighted by Gasteiger charge is -2.14. The van der Waals surface area contributed by atoms with Crippen LogP contribution in [-0.4, -0.2) is 39.1 Å². The molecule has 0 spiro atoms. The fourth-order valence-corrected chi connectivity index (χ4v) is 3.66. The molecule has 156 valence electrons. The molecular weight excluding hydrogens is 462 g/mol. The third-order valence-corrected chi connectivity index (χ3v) is 5.13. The first-order valence-corrected chi connectivity index (χ1v) is 10.2. The number of halogens is 1. The molecule has 9 heteroatoms. The van der Waals surface area contributed by atoms with Gasteiger partial charge in [-0.05, 0) is 62.4 Å². The molecule has 1 aliphatic heterocycles. The Morgan fingerprint density at radius 3 is 2.19 bits per heavy atom. The fourth-order valence-electron chi connectivity index (χ4n) is 3.30. The van der Waals surface area contributed by atoms with Crippen molar-refractivity contribution in [2.45, 2.75) is 13.8 Å². The molecule has 0 bridgehead atoms. The molecule has 31 heavy (non-hydrogen) atoms. The van der Waals surface area contributed by atoms with Crippen molar-refractivity contribution in [2.75, 3.05) is 17.2 Å². The third kappa shape index (κ3) is 4.46. The Hall–Kier alpha value is -3.59. The molecule has 4 rings (SSSR count). The van der Waals surface area contributed by atoms with Gasteiger partial charge in [0, 0.05) is 27.2 Å². The number of nitrogens with one attached hydrogen (secondary N) is 2. The lowest BCUT2D eigenvalue weighted by Crippen LogP contribution is -2.37. The van der Waals surface area contributed by atoms with Gasteiger partial charge >= 0.3 is 0 Å². The van der Waals surface area contributed by atoms with E-state index in [1.165, 1.54) is 0 Å². The van der Waals surface area contributed by atoms with Crippen LogP contribution in [-0.2, 0) is 4.79 Å². The van der Waals surface area contributed by atoms with Crippen LogP contribution in [0.2, 0.25) is 0 Å². The van der Waals surface area contributed by atoms with Crippen LogP contribution in [0.5, 0.6) is 0 Å². The van der Waals surface area contributed by atoms with Crippen molar-refractivity contribution in [2.24, 2.45) is 0 Å². The number of fused-ring (bicyclic) bond motifs is 1. The predicted octanol–water partition coefficient (Wildman–Crippen LogP) is 3.83. The van der Waals surface area contributed by atoms with Crippen LogP contribution in [0.1, 0.15) is 32.1 Å². The van der Waals surface area contributed by atoms with Crippen molar-refractivity contribution in [1.29, 1.82) is 0 Å². The summed E-state index contributed by atoms with van der Waals surface area (Å²) in [6, 6.07) is 13.7. The number of amides is 3. The Kier molecular flexibility index (Phi) is 5.51. The molecule has 0 atom stereocenters. The van der Waals surface area contributed by atoms with Gasteiger partial charge in [-0.25, -0.2) is 9.97 Å². The zero-order valence-electron chi connectivity index (χ0n) is 16.8. The number of anilines is 3. The Morgan fingerprint density at radius 2 is 1.52 bits per heavy atom. The summed E-state index contributed by atoms with van der Waals surface area (Å²) in [5, 5.41) is 5.82. The van der Waals surface area contributed by atoms with Crippen molar-refractivity contribution in [3.8, 4) is 0 Å². The first-order chi connectivity index (χ1) is 14.8. The molecule has 0 radical (unpaired) electrons. The van der Waals surface area contributed by atoms with Gasteiger partial charge in [0.2, 0.25) is 11.9 Å². The second-order valence-corrected chi connectivity index (χ2v) is 8.03. The summed E-state index contributed by atoms with van der Waals surface area (Å²) >= 11 is 3.29. The Labute approximate surface area is 186 Å². The highest BCUT2D eigenvalue weighted by molar-refractivity contribution is 9.10. The second kappa shape index (κ2) is 8.27. The van der Waals surface area contributed by atoms with Crippen molar-refractivity contribution in [3.05, 3.63) is 75.5 Å². The van der Waals surface area contributed by atoms with Gasteiger partial charge in [0.25, 0.3) is 11.8 Å². The minimum Gasteiger partial charge on any atom is -0.325 e. The zero-order valence-corrected chi connectivity index (χ0v) is 18.4. The monoisotopic (exact) mass is 479 g/mol. The maximum atomic E-state index is 12.5. The topological polar surface area (TPSA) is 104 Å². The molecule has 1 aromatic heterocycles. The summed E-state index contributed by atoms with van der Waals surface area (Å²) in [6.45, 7) is 3.43. The Morgan fingerprint density at radius 1 is 0.903 bits per heavy atom. The van der Waals surface area contributed by atoms with Crippen LogP contribution in [0, 0.1) is 13.8 Å². The summed E-state index contributed by atoms with van der Waals surface area (Å²) in [7, 11) is 0. The van der Waals surface area contributed by atoms with Gasteiger partial charge in [-0.2, -0.15) is 0 Å². The Balaban J connectivity index is 1.39. The highest BCUT2D eigenvalue weighted by Crippen LogP contribution is 2.26. The minimum atomic E-state index is -0.482. The average Bonchev–Trinajstić information content (AvgIpc) is 2.93. The zero-order chi connectivity index (χ0) is 22.1. The maximum Gasteiger partial charge on any atom is 0.262 e. The van der Waals surface area contributed by atoms with Gasteiger partial charge in [-0.1, -0.05) is 15.9 Å². The van der Waals surface area contributed by atoms with Gasteiger partial charge in [0.15, 0.2) is 0 Å². The number of nitrogens with zero attached hydrogens (tertiary/aromatic N) is 3. The molecule has 0 saturated carbocycles. The molecule has 0 unspecified atom stereocenters. The van der Waals surface area contributed by atoms with Crippen molar-refractivity contribution >= 4 is 51.0 Å². The maximum absolute atomic E-state index is 12.5. The number of aromatic nitrogens is 2.